The van der Waals surface area contributed by atoms with Crippen LogP contribution in [0.15, 0.2) is 29.2 Å². The van der Waals surface area contributed by atoms with Crippen LogP contribution < -0.4 is 4.52 Å². The Balaban J connectivity index is 2.78. The smallest absolute Gasteiger partial charge is 0.404 e. The predicted molar refractivity (Wildman–Crippen MR) is 67.2 cm³/mol. The highest BCUT2D eigenvalue weighted by Gasteiger charge is 2.18. The number of rotatable bonds is 7. The fraction of sp³-hybridized carbons (Fsp3) is 0.400. The van der Waals surface area contributed by atoms with Crippen molar-refractivity contribution in [1.29, 1.82) is 0 Å². The van der Waals surface area contributed by atoms with Gasteiger partial charge in [0.2, 0.25) is 0 Å². The van der Waals surface area contributed by atoms with Gasteiger partial charge in [0.25, 0.3) is 10.1 Å². The zero-order valence-electron chi connectivity index (χ0n) is 10.2. The molecule has 0 aromatic heterocycles. The van der Waals surface area contributed by atoms with E-state index in [1.165, 1.54) is 0 Å². The molecule has 0 aliphatic heterocycles. The first-order valence-corrected chi connectivity index (χ1v) is 8.43. The fourth-order valence-corrected chi connectivity index (χ4v) is 2.52. The second kappa shape index (κ2) is 6.49. The van der Waals surface area contributed by atoms with Gasteiger partial charge in [-0.15, -0.1) is 0 Å². The van der Waals surface area contributed by atoms with Crippen molar-refractivity contribution >= 4 is 17.9 Å². The molecule has 1 aromatic carbocycles. The summed E-state index contributed by atoms with van der Waals surface area (Å²) in [6, 6.07) is 4.61. The third-order valence-corrected chi connectivity index (χ3v) is 3.85. The minimum absolute atomic E-state index is 0.0957. The van der Waals surface area contributed by atoms with Crippen molar-refractivity contribution in [3.05, 3.63) is 24.3 Å². The Kier molecular flexibility index (Phi) is 5.51. The van der Waals surface area contributed by atoms with Gasteiger partial charge in [-0.1, -0.05) is 13.3 Å². The maximum Gasteiger partial charge on any atom is 0.524 e. The van der Waals surface area contributed by atoms with E-state index in [4.69, 9.17) is 14.0 Å². The predicted octanol–water partition coefficient (Wildman–Crippen LogP) is 1.66. The monoisotopic (exact) mass is 310 g/mol. The lowest BCUT2D eigenvalue weighted by Gasteiger charge is -2.08. The molecule has 7 nitrogen and oxygen atoms in total. The number of unbranched alkanes of at least 4 members (excludes halogenated alkanes) is 1. The van der Waals surface area contributed by atoms with E-state index in [2.05, 4.69) is 4.52 Å². The van der Waals surface area contributed by atoms with E-state index in [1.54, 1.807) is 0 Å². The number of hydrogen-bond acceptors (Lipinski definition) is 5. The van der Waals surface area contributed by atoms with Crippen molar-refractivity contribution in [2.75, 3.05) is 6.61 Å². The van der Waals surface area contributed by atoms with Crippen LogP contribution in [0.1, 0.15) is 19.8 Å². The Morgan fingerprint density at radius 2 is 1.79 bits per heavy atom. The Morgan fingerprint density at radius 1 is 1.21 bits per heavy atom. The second-order valence-corrected chi connectivity index (χ2v) is 6.46. The molecule has 2 N–H and O–H groups in total. The normalized spacial score (nSPS) is 12.4. The van der Waals surface area contributed by atoms with E-state index in [-0.39, 0.29) is 17.3 Å². The summed E-state index contributed by atoms with van der Waals surface area (Å²) >= 11 is 0. The molecule has 1 aromatic rings. The molecule has 108 valence electrons. The van der Waals surface area contributed by atoms with Gasteiger partial charge in [-0.3, -0.25) is 14.0 Å². The SMILES string of the molecule is CCCCOS(=O)(=O)c1ccc(OP(=O)(O)O)cc1. The summed E-state index contributed by atoms with van der Waals surface area (Å²) in [6.45, 7) is 2.00. The topological polar surface area (TPSA) is 110 Å². The van der Waals surface area contributed by atoms with E-state index in [9.17, 15) is 13.0 Å². The maximum absolute atomic E-state index is 11.7. The standard InChI is InChI=1S/C10H15O7PS/c1-2-3-8-16-19(14,15)10-6-4-9(5-7-10)17-18(11,12)13/h4-7H,2-3,8H2,1H3,(H2,11,12,13). The Hall–Kier alpha value is -0.920. The lowest BCUT2D eigenvalue weighted by Crippen LogP contribution is -2.07. The van der Waals surface area contributed by atoms with Crippen LogP contribution >= 0.6 is 7.82 Å². The highest BCUT2D eigenvalue weighted by Crippen LogP contribution is 2.37. The zero-order valence-corrected chi connectivity index (χ0v) is 11.9. The summed E-state index contributed by atoms with van der Waals surface area (Å²) in [7, 11) is -8.49. The quantitative estimate of drug-likeness (QED) is 0.447. The maximum atomic E-state index is 11.7. The number of benzene rings is 1. The van der Waals surface area contributed by atoms with Gasteiger partial charge >= 0.3 is 7.82 Å². The van der Waals surface area contributed by atoms with Gasteiger partial charge in [0.15, 0.2) is 0 Å². The van der Waals surface area contributed by atoms with Crippen LogP contribution in [0.4, 0.5) is 0 Å². The summed E-state index contributed by atoms with van der Waals surface area (Å²) < 4.78 is 43.0. The van der Waals surface area contributed by atoms with E-state index < -0.39 is 17.9 Å². The highest BCUT2D eigenvalue weighted by atomic mass is 32.2. The van der Waals surface area contributed by atoms with Crippen molar-refractivity contribution in [2.45, 2.75) is 24.7 Å². The summed E-state index contributed by atoms with van der Waals surface area (Å²) in [4.78, 5) is 17.1. The molecular formula is C10H15O7PS. The van der Waals surface area contributed by atoms with Crippen LogP contribution in [0.3, 0.4) is 0 Å². The molecule has 0 bridgehead atoms. The Labute approximate surface area is 111 Å². The molecule has 1 rings (SSSR count). The molecular weight excluding hydrogens is 295 g/mol. The van der Waals surface area contributed by atoms with Gasteiger partial charge in [0, 0.05) is 0 Å². The average Bonchev–Trinajstić information content (AvgIpc) is 2.27. The molecule has 19 heavy (non-hydrogen) atoms. The first-order valence-electron chi connectivity index (χ1n) is 5.49. The number of phosphoric ester groups is 1. The molecule has 0 atom stereocenters. The van der Waals surface area contributed by atoms with E-state index in [0.29, 0.717) is 6.42 Å². The van der Waals surface area contributed by atoms with Crippen LogP contribution in [0.25, 0.3) is 0 Å². The number of hydrogen-bond donors (Lipinski definition) is 2. The van der Waals surface area contributed by atoms with Gasteiger partial charge in [0.05, 0.1) is 11.5 Å². The molecule has 0 aliphatic carbocycles. The molecule has 0 amide bonds. The lowest BCUT2D eigenvalue weighted by molar-refractivity contribution is 0.283. The van der Waals surface area contributed by atoms with Crippen molar-refractivity contribution in [3.8, 4) is 5.75 Å². The molecule has 0 saturated carbocycles. The molecule has 0 spiro atoms. The number of phosphoric acid groups is 1. The van der Waals surface area contributed by atoms with Crippen LogP contribution in [0, 0.1) is 0 Å². The van der Waals surface area contributed by atoms with Gasteiger partial charge in [-0.2, -0.15) is 8.42 Å². The molecule has 0 radical (unpaired) electrons. The van der Waals surface area contributed by atoms with Crippen LogP contribution in [0.5, 0.6) is 5.75 Å². The fourth-order valence-electron chi connectivity index (χ4n) is 1.19. The van der Waals surface area contributed by atoms with Crippen molar-refractivity contribution in [1.82, 2.24) is 0 Å². The second-order valence-electron chi connectivity index (χ2n) is 3.68. The first kappa shape index (κ1) is 16.1. The van der Waals surface area contributed by atoms with Crippen molar-refractivity contribution in [2.24, 2.45) is 0 Å². The van der Waals surface area contributed by atoms with Gasteiger partial charge in [-0.05, 0) is 30.7 Å². The van der Waals surface area contributed by atoms with Crippen LogP contribution in [0.2, 0.25) is 0 Å². The summed E-state index contributed by atoms with van der Waals surface area (Å²) in [5.74, 6) is -0.124. The van der Waals surface area contributed by atoms with E-state index in [0.717, 1.165) is 30.7 Å². The van der Waals surface area contributed by atoms with Crippen LogP contribution in [-0.4, -0.2) is 24.8 Å². The molecule has 0 unspecified atom stereocenters. The first-order chi connectivity index (χ1) is 8.74. The third kappa shape index (κ3) is 5.71. The third-order valence-electron chi connectivity index (χ3n) is 2.07. The van der Waals surface area contributed by atoms with Crippen molar-refractivity contribution < 1.29 is 31.5 Å². The zero-order chi connectivity index (χ0) is 14.5. The highest BCUT2D eigenvalue weighted by molar-refractivity contribution is 7.86. The minimum Gasteiger partial charge on any atom is -0.404 e. The molecule has 0 fully saturated rings. The van der Waals surface area contributed by atoms with Gasteiger partial charge in [0.1, 0.15) is 5.75 Å². The lowest BCUT2D eigenvalue weighted by atomic mass is 10.3. The molecule has 0 heterocycles. The van der Waals surface area contributed by atoms with Gasteiger partial charge in [-0.25, -0.2) is 4.57 Å². The van der Waals surface area contributed by atoms with Crippen molar-refractivity contribution in [3.63, 3.8) is 0 Å². The van der Waals surface area contributed by atoms with E-state index >= 15 is 0 Å². The van der Waals surface area contributed by atoms with Gasteiger partial charge < -0.3 is 4.52 Å². The minimum atomic E-state index is -4.65. The van der Waals surface area contributed by atoms with Crippen LogP contribution in [-0.2, 0) is 18.9 Å². The van der Waals surface area contributed by atoms with E-state index in [1.807, 2.05) is 6.92 Å². The molecule has 9 heteroatoms. The summed E-state index contributed by atoms with van der Waals surface area (Å²) in [5.41, 5.74) is 0. The molecule has 0 aliphatic rings. The molecule has 0 saturated heterocycles. The summed E-state index contributed by atoms with van der Waals surface area (Å²) in [6.07, 6.45) is 1.43. The average molecular weight is 310 g/mol. The summed E-state index contributed by atoms with van der Waals surface area (Å²) in [5, 5.41) is 0. The Bertz CT molecular complexity index is 546. The Morgan fingerprint density at radius 3 is 2.26 bits per heavy atom. The largest absolute Gasteiger partial charge is 0.524 e.